The van der Waals surface area contributed by atoms with Crippen molar-refractivity contribution < 1.29 is 14.5 Å². The van der Waals surface area contributed by atoms with Gasteiger partial charge in [0.25, 0.3) is 0 Å². The number of hydrogen-bond acceptors (Lipinski definition) is 2. The molecule has 0 aliphatic rings. The molecule has 2 amide bonds. The summed E-state index contributed by atoms with van der Waals surface area (Å²) >= 11 is 0. The van der Waals surface area contributed by atoms with Crippen LogP contribution in [0.2, 0.25) is 0 Å². The quantitative estimate of drug-likeness (QED) is 0.589. The van der Waals surface area contributed by atoms with Crippen molar-refractivity contribution in [3.05, 3.63) is 71.3 Å². The molecular weight excluding hydrogens is 350 g/mol. The number of carbonyl (C=O) groups excluding carboxylic acids is 2. The van der Waals surface area contributed by atoms with E-state index in [0.717, 1.165) is 30.8 Å². The van der Waals surface area contributed by atoms with Crippen molar-refractivity contribution in [1.29, 1.82) is 0 Å². The van der Waals surface area contributed by atoms with E-state index in [4.69, 9.17) is 0 Å². The molecule has 0 fully saturated rings. The van der Waals surface area contributed by atoms with Gasteiger partial charge in [-0.2, -0.15) is 0 Å². The summed E-state index contributed by atoms with van der Waals surface area (Å²) in [5.41, 5.74) is 3.34. The van der Waals surface area contributed by atoms with Crippen molar-refractivity contribution in [3.63, 3.8) is 0 Å². The SMILES string of the molecule is CC[NH+](CC)Cc1ccccc1CNC(=O)C[C@@H](NC(C)=O)c1ccccc1. The number of amides is 2. The number of hydrogen-bond donors (Lipinski definition) is 3. The lowest BCUT2D eigenvalue weighted by atomic mass is 10.0. The molecule has 0 saturated heterocycles. The van der Waals surface area contributed by atoms with Crippen LogP contribution in [0.3, 0.4) is 0 Å². The maximum atomic E-state index is 12.6. The van der Waals surface area contributed by atoms with E-state index in [9.17, 15) is 9.59 Å². The number of carbonyl (C=O) groups is 2. The van der Waals surface area contributed by atoms with Gasteiger partial charge in [-0.3, -0.25) is 9.59 Å². The van der Waals surface area contributed by atoms with E-state index in [1.54, 1.807) is 0 Å². The molecule has 0 aliphatic carbocycles. The zero-order valence-electron chi connectivity index (χ0n) is 17.1. The maximum absolute atomic E-state index is 12.6. The van der Waals surface area contributed by atoms with Gasteiger partial charge in [0.1, 0.15) is 6.54 Å². The van der Waals surface area contributed by atoms with Crippen LogP contribution in [0.15, 0.2) is 54.6 Å². The third-order valence-corrected chi connectivity index (χ3v) is 5.00. The summed E-state index contributed by atoms with van der Waals surface area (Å²) in [4.78, 5) is 25.6. The summed E-state index contributed by atoms with van der Waals surface area (Å²) < 4.78 is 0. The molecule has 2 aromatic rings. The maximum Gasteiger partial charge on any atom is 0.222 e. The van der Waals surface area contributed by atoms with Crippen molar-refractivity contribution in [2.24, 2.45) is 0 Å². The van der Waals surface area contributed by atoms with Gasteiger partial charge in [0.2, 0.25) is 11.8 Å². The Bertz CT molecular complexity index is 757. The van der Waals surface area contributed by atoms with E-state index in [2.05, 4.69) is 36.6 Å². The predicted octanol–water partition coefficient (Wildman–Crippen LogP) is 1.99. The molecule has 2 rings (SSSR count). The Kier molecular flexibility index (Phi) is 8.69. The minimum Gasteiger partial charge on any atom is -0.352 e. The van der Waals surface area contributed by atoms with Crippen LogP contribution in [-0.4, -0.2) is 24.9 Å². The average Bonchev–Trinajstić information content (AvgIpc) is 2.71. The summed E-state index contributed by atoms with van der Waals surface area (Å²) in [7, 11) is 0. The smallest absolute Gasteiger partial charge is 0.222 e. The first-order valence-corrected chi connectivity index (χ1v) is 10.0. The number of nitrogens with one attached hydrogen (secondary N) is 3. The Hall–Kier alpha value is -2.66. The molecule has 0 radical (unpaired) electrons. The fraction of sp³-hybridized carbons (Fsp3) is 0.391. The second-order valence-corrected chi connectivity index (χ2v) is 7.05. The average molecular weight is 383 g/mol. The largest absolute Gasteiger partial charge is 0.352 e. The Morgan fingerprint density at radius 1 is 0.929 bits per heavy atom. The minimum absolute atomic E-state index is 0.0763. The highest BCUT2D eigenvalue weighted by atomic mass is 16.2. The molecule has 150 valence electrons. The van der Waals surface area contributed by atoms with Crippen LogP contribution in [0.5, 0.6) is 0 Å². The van der Waals surface area contributed by atoms with Gasteiger partial charge in [-0.1, -0.05) is 54.6 Å². The van der Waals surface area contributed by atoms with Crippen molar-refractivity contribution in [3.8, 4) is 0 Å². The summed E-state index contributed by atoms with van der Waals surface area (Å²) in [5.74, 6) is -0.221. The minimum atomic E-state index is -0.325. The molecule has 0 spiro atoms. The van der Waals surface area contributed by atoms with E-state index in [-0.39, 0.29) is 24.3 Å². The molecule has 5 heteroatoms. The molecule has 28 heavy (non-hydrogen) atoms. The third kappa shape index (κ3) is 6.82. The number of rotatable bonds is 10. The first-order valence-electron chi connectivity index (χ1n) is 10.0. The van der Waals surface area contributed by atoms with E-state index in [0.29, 0.717) is 6.54 Å². The van der Waals surface area contributed by atoms with Crippen LogP contribution in [0.1, 0.15) is 49.9 Å². The Labute approximate surface area is 168 Å². The van der Waals surface area contributed by atoms with Crippen LogP contribution >= 0.6 is 0 Å². The molecule has 3 N–H and O–H groups in total. The molecule has 0 aromatic heterocycles. The second kappa shape index (κ2) is 11.2. The van der Waals surface area contributed by atoms with E-state index in [1.165, 1.54) is 17.4 Å². The molecule has 0 aliphatic heterocycles. The number of quaternary nitrogens is 1. The Balaban J connectivity index is 2.00. The van der Waals surface area contributed by atoms with E-state index < -0.39 is 0 Å². The molecule has 2 aromatic carbocycles. The molecule has 0 unspecified atom stereocenters. The molecule has 0 heterocycles. The number of benzene rings is 2. The topological polar surface area (TPSA) is 62.6 Å². The first kappa shape index (κ1) is 21.6. The summed E-state index contributed by atoms with van der Waals surface area (Å²) in [6.45, 7) is 9.46. The van der Waals surface area contributed by atoms with Crippen molar-refractivity contribution in [2.45, 2.75) is 46.3 Å². The van der Waals surface area contributed by atoms with Gasteiger partial charge >= 0.3 is 0 Å². The van der Waals surface area contributed by atoms with E-state index >= 15 is 0 Å². The Morgan fingerprint density at radius 2 is 1.54 bits per heavy atom. The summed E-state index contributed by atoms with van der Waals surface area (Å²) in [5, 5.41) is 5.90. The van der Waals surface area contributed by atoms with Crippen LogP contribution < -0.4 is 15.5 Å². The molecule has 0 bridgehead atoms. The van der Waals surface area contributed by atoms with Gasteiger partial charge in [-0.05, 0) is 25.0 Å². The van der Waals surface area contributed by atoms with Gasteiger partial charge in [-0.25, -0.2) is 0 Å². The monoisotopic (exact) mass is 382 g/mol. The molecule has 1 atom stereocenters. The second-order valence-electron chi connectivity index (χ2n) is 7.05. The highest BCUT2D eigenvalue weighted by Crippen LogP contribution is 2.16. The van der Waals surface area contributed by atoms with Crippen LogP contribution in [0, 0.1) is 0 Å². The van der Waals surface area contributed by atoms with Gasteiger partial charge in [0.05, 0.1) is 25.6 Å². The summed E-state index contributed by atoms with van der Waals surface area (Å²) in [6.07, 6.45) is 0.215. The van der Waals surface area contributed by atoms with Crippen molar-refractivity contribution >= 4 is 11.8 Å². The van der Waals surface area contributed by atoms with Crippen LogP contribution in [0.25, 0.3) is 0 Å². The highest BCUT2D eigenvalue weighted by Gasteiger charge is 2.17. The van der Waals surface area contributed by atoms with Gasteiger partial charge < -0.3 is 15.5 Å². The lowest BCUT2D eigenvalue weighted by Crippen LogP contribution is -3.10. The molecule has 0 saturated carbocycles. The van der Waals surface area contributed by atoms with Crippen molar-refractivity contribution in [2.75, 3.05) is 13.1 Å². The van der Waals surface area contributed by atoms with Crippen molar-refractivity contribution in [1.82, 2.24) is 10.6 Å². The zero-order valence-corrected chi connectivity index (χ0v) is 17.1. The van der Waals surface area contributed by atoms with Gasteiger partial charge in [0.15, 0.2) is 0 Å². The van der Waals surface area contributed by atoms with E-state index in [1.807, 2.05) is 42.5 Å². The van der Waals surface area contributed by atoms with Crippen LogP contribution in [-0.2, 0) is 22.7 Å². The fourth-order valence-electron chi connectivity index (χ4n) is 3.31. The lowest BCUT2D eigenvalue weighted by molar-refractivity contribution is -0.910. The van der Waals surface area contributed by atoms with Crippen LogP contribution in [0.4, 0.5) is 0 Å². The lowest BCUT2D eigenvalue weighted by Gasteiger charge is -2.19. The zero-order chi connectivity index (χ0) is 20.4. The third-order valence-electron chi connectivity index (χ3n) is 5.00. The molecule has 5 nitrogen and oxygen atoms in total. The highest BCUT2D eigenvalue weighted by molar-refractivity contribution is 5.79. The normalized spacial score (nSPS) is 11.9. The standard InChI is InChI=1S/C23H31N3O2/c1-4-26(5-2)17-21-14-10-9-13-20(21)16-24-23(28)15-22(25-18(3)27)19-11-7-6-8-12-19/h6-14,22H,4-5,15-17H2,1-3H3,(H,24,28)(H,25,27)/p+1/t22-/m1/s1. The first-order chi connectivity index (χ1) is 13.5. The fourth-order valence-corrected chi connectivity index (χ4v) is 3.31. The molecular formula is C23H32N3O2+. The Morgan fingerprint density at radius 3 is 2.14 bits per heavy atom. The van der Waals surface area contributed by atoms with Gasteiger partial charge in [0, 0.05) is 19.0 Å². The van der Waals surface area contributed by atoms with Gasteiger partial charge in [-0.15, -0.1) is 0 Å². The summed E-state index contributed by atoms with van der Waals surface area (Å²) in [6, 6.07) is 17.5. The predicted molar refractivity (Wildman–Crippen MR) is 112 cm³/mol.